The average molecular weight is 268 g/mol. The predicted molar refractivity (Wildman–Crippen MR) is 83.5 cm³/mol. The first kappa shape index (κ1) is 18.3. The van der Waals surface area contributed by atoms with Gasteiger partial charge >= 0.3 is 0 Å². The van der Waals surface area contributed by atoms with Crippen molar-refractivity contribution in [2.24, 2.45) is 0 Å². The van der Waals surface area contributed by atoms with Crippen molar-refractivity contribution in [3.05, 3.63) is 12.7 Å². The van der Waals surface area contributed by atoms with E-state index in [1.807, 2.05) is 7.05 Å². The maximum Gasteiger partial charge on any atom is 0.169 e. The monoisotopic (exact) mass is 268 g/mol. The molecule has 112 valence electrons. The molecule has 1 unspecified atom stereocenters. The smallest absolute Gasteiger partial charge is 0.169 e. The van der Waals surface area contributed by atoms with E-state index in [0.717, 1.165) is 19.4 Å². The molecule has 0 spiro atoms. The number of hydrogen-bond donors (Lipinski definition) is 0. The highest BCUT2D eigenvalue weighted by Gasteiger charge is 2.45. The molecule has 0 N–H and O–H groups in total. The summed E-state index contributed by atoms with van der Waals surface area (Å²) in [4.78, 5) is 16.2. The summed E-state index contributed by atoms with van der Waals surface area (Å²) in [6.07, 6.45) is 3.54. The third kappa shape index (κ3) is 3.90. The fourth-order valence-corrected chi connectivity index (χ4v) is 2.67. The standard InChI is InChI=1S/C16H32N2O/c1-9-12-17(7)15(4,5)16(6,11-3)18(8)13-14(19)10-2/h10H,2,9,11-13H2,1,3-8H3. The molecule has 3 nitrogen and oxygen atoms in total. The molecule has 0 aliphatic heterocycles. The Morgan fingerprint density at radius 3 is 2.05 bits per heavy atom. The first-order valence-electron chi connectivity index (χ1n) is 7.25. The SMILES string of the molecule is C=CC(=O)CN(C)C(C)(CC)C(C)(C)N(C)CCC. The summed E-state index contributed by atoms with van der Waals surface area (Å²) in [5, 5.41) is 0. The first-order chi connectivity index (χ1) is 8.67. The second-order valence-electron chi connectivity index (χ2n) is 6.13. The van der Waals surface area contributed by atoms with Gasteiger partial charge in [0.25, 0.3) is 0 Å². The minimum absolute atomic E-state index is 0.00599. The summed E-state index contributed by atoms with van der Waals surface area (Å²) < 4.78 is 0. The molecule has 0 aliphatic rings. The van der Waals surface area contributed by atoms with Gasteiger partial charge in [-0.1, -0.05) is 20.4 Å². The Morgan fingerprint density at radius 2 is 1.68 bits per heavy atom. The third-order valence-electron chi connectivity index (χ3n) is 4.98. The summed E-state index contributed by atoms with van der Waals surface area (Å²) in [5.41, 5.74) is -0.0659. The van der Waals surface area contributed by atoms with Crippen LogP contribution in [-0.2, 0) is 4.79 Å². The van der Waals surface area contributed by atoms with Crippen molar-refractivity contribution in [3.8, 4) is 0 Å². The van der Waals surface area contributed by atoms with Crippen LogP contribution in [-0.4, -0.2) is 53.8 Å². The minimum Gasteiger partial charge on any atom is -0.299 e. The maximum absolute atomic E-state index is 11.6. The second-order valence-corrected chi connectivity index (χ2v) is 6.13. The summed E-state index contributed by atoms with van der Waals surface area (Å²) in [7, 11) is 4.20. The summed E-state index contributed by atoms with van der Waals surface area (Å²) >= 11 is 0. The zero-order valence-corrected chi connectivity index (χ0v) is 13.9. The van der Waals surface area contributed by atoms with Gasteiger partial charge in [0.2, 0.25) is 0 Å². The van der Waals surface area contributed by atoms with Gasteiger partial charge in [-0.25, -0.2) is 0 Å². The molecule has 0 rings (SSSR count). The van der Waals surface area contributed by atoms with Gasteiger partial charge in [-0.15, -0.1) is 0 Å². The Bertz CT molecular complexity index is 312. The molecule has 1 atom stereocenters. The number of carbonyl (C=O) groups is 1. The van der Waals surface area contributed by atoms with E-state index in [0.29, 0.717) is 6.54 Å². The highest BCUT2D eigenvalue weighted by atomic mass is 16.1. The zero-order valence-electron chi connectivity index (χ0n) is 13.9. The van der Waals surface area contributed by atoms with E-state index in [4.69, 9.17) is 0 Å². The van der Waals surface area contributed by atoms with E-state index in [9.17, 15) is 4.79 Å². The molecule has 0 fully saturated rings. The molecule has 0 amide bonds. The fraction of sp³-hybridized carbons (Fsp3) is 0.812. The van der Waals surface area contributed by atoms with Gasteiger partial charge in [0.1, 0.15) is 0 Å². The quantitative estimate of drug-likeness (QED) is 0.601. The molecular formula is C16H32N2O. The Hall–Kier alpha value is -0.670. The van der Waals surface area contributed by atoms with Gasteiger partial charge < -0.3 is 0 Å². The van der Waals surface area contributed by atoms with Crippen molar-refractivity contribution in [2.75, 3.05) is 27.2 Å². The average Bonchev–Trinajstić information content (AvgIpc) is 2.37. The third-order valence-corrected chi connectivity index (χ3v) is 4.98. The van der Waals surface area contributed by atoms with E-state index in [1.54, 1.807) is 0 Å². The molecule has 3 heteroatoms. The van der Waals surface area contributed by atoms with Gasteiger partial charge in [0.15, 0.2) is 5.78 Å². The van der Waals surface area contributed by atoms with Gasteiger partial charge in [-0.2, -0.15) is 0 Å². The van der Waals surface area contributed by atoms with E-state index < -0.39 is 0 Å². The lowest BCUT2D eigenvalue weighted by atomic mass is 9.76. The first-order valence-corrected chi connectivity index (χ1v) is 7.25. The topological polar surface area (TPSA) is 23.6 Å². The molecule has 0 aliphatic carbocycles. The number of ketones is 1. The zero-order chi connectivity index (χ0) is 15.3. The lowest BCUT2D eigenvalue weighted by Crippen LogP contribution is -2.65. The number of nitrogens with zero attached hydrogens (tertiary/aromatic N) is 2. The van der Waals surface area contributed by atoms with Crippen LogP contribution in [0.1, 0.15) is 47.5 Å². The lowest BCUT2D eigenvalue weighted by Gasteiger charge is -2.54. The van der Waals surface area contributed by atoms with Crippen molar-refractivity contribution in [2.45, 2.75) is 58.5 Å². The summed E-state index contributed by atoms with van der Waals surface area (Å²) in [6, 6.07) is 0. The Labute approximate surface area is 119 Å². The largest absolute Gasteiger partial charge is 0.299 e. The van der Waals surface area contributed by atoms with Crippen molar-refractivity contribution < 1.29 is 4.79 Å². The van der Waals surface area contributed by atoms with Gasteiger partial charge in [-0.3, -0.25) is 14.6 Å². The van der Waals surface area contributed by atoms with Crippen molar-refractivity contribution >= 4 is 5.78 Å². The number of rotatable bonds is 9. The van der Waals surface area contributed by atoms with Crippen LogP contribution in [0.15, 0.2) is 12.7 Å². The highest BCUT2D eigenvalue weighted by molar-refractivity contribution is 5.90. The van der Waals surface area contributed by atoms with Gasteiger partial charge in [0, 0.05) is 11.1 Å². The molecule has 0 bridgehead atoms. The van der Waals surface area contributed by atoms with Gasteiger partial charge in [-0.05, 0) is 60.3 Å². The Balaban J connectivity index is 5.21. The fourth-order valence-electron chi connectivity index (χ4n) is 2.67. The molecule has 0 saturated carbocycles. The predicted octanol–water partition coefficient (Wildman–Crippen LogP) is 2.96. The van der Waals surface area contributed by atoms with Gasteiger partial charge in [0.05, 0.1) is 6.54 Å². The number of hydrogen-bond acceptors (Lipinski definition) is 3. The van der Waals surface area contributed by atoms with Crippen LogP contribution in [0.2, 0.25) is 0 Å². The molecular weight excluding hydrogens is 236 g/mol. The second kappa shape index (κ2) is 7.20. The lowest BCUT2D eigenvalue weighted by molar-refractivity contribution is -0.118. The van der Waals surface area contributed by atoms with E-state index >= 15 is 0 Å². The summed E-state index contributed by atoms with van der Waals surface area (Å²) in [6.45, 7) is 16.2. The van der Waals surface area contributed by atoms with E-state index in [1.165, 1.54) is 6.08 Å². The van der Waals surface area contributed by atoms with E-state index in [-0.39, 0.29) is 16.9 Å². The molecule has 0 aromatic heterocycles. The minimum atomic E-state index is -0.0599. The Kier molecular flexibility index (Phi) is 6.95. The molecule has 19 heavy (non-hydrogen) atoms. The molecule has 0 aromatic rings. The number of likely N-dealkylation sites (N-methyl/N-ethyl adjacent to an activating group) is 2. The molecule has 0 saturated heterocycles. The molecule has 0 radical (unpaired) electrons. The van der Waals surface area contributed by atoms with Crippen molar-refractivity contribution in [1.29, 1.82) is 0 Å². The van der Waals surface area contributed by atoms with Crippen LogP contribution in [0.3, 0.4) is 0 Å². The van der Waals surface area contributed by atoms with Crippen LogP contribution < -0.4 is 0 Å². The van der Waals surface area contributed by atoms with Crippen LogP contribution in [0.25, 0.3) is 0 Å². The Morgan fingerprint density at radius 1 is 1.16 bits per heavy atom. The number of carbonyl (C=O) groups excluding carboxylic acids is 1. The van der Waals surface area contributed by atoms with Crippen LogP contribution >= 0.6 is 0 Å². The van der Waals surface area contributed by atoms with Crippen LogP contribution in [0, 0.1) is 0 Å². The van der Waals surface area contributed by atoms with Crippen LogP contribution in [0.4, 0.5) is 0 Å². The van der Waals surface area contributed by atoms with Crippen molar-refractivity contribution in [3.63, 3.8) is 0 Å². The van der Waals surface area contributed by atoms with Crippen molar-refractivity contribution in [1.82, 2.24) is 9.80 Å². The summed E-state index contributed by atoms with van der Waals surface area (Å²) in [5.74, 6) is 0.0797. The molecule has 0 aromatic carbocycles. The van der Waals surface area contributed by atoms with E-state index in [2.05, 4.69) is 58.0 Å². The molecule has 0 heterocycles. The van der Waals surface area contributed by atoms with Crippen LogP contribution in [0.5, 0.6) is 0 Å². The highest BCUT2D eigenvalue weighted by Crippen LogP contribution is 2.35. The normalized spacial score (nSPS) is 15.6. The maximum atomic E-state index is 11.6.